The van der Waals surface area contributed by atoms with Gasteiger partial charge in [0.2, 0.25) is 4.62 Å². The van der Waals surface area contributed by atoms with E-state index in [1.165, 1.54) is 30.4 Å². The highest BCUT2D eigenvalue weighted by Gasteiger charge is 2.54. The Bertz CT molecular complexity index is 1040. The van der Waals surface area contributed by atoms with E-state index in [-0.39, 0.29) is 36.2 Å². The van der Waals surface area contributed by atoms with Crippen molar-refractivity contribution < 1.29 is 21.9 Å². The molecular weight excluding hydrogens is 535 g/mol. The van der Waals surface area contributed by atoms with Crippen LogP contribution in [-0.4, -0.2) is 20.6 Å². The Labute approximate surface area is 165 Å². The molecular formula is C15H6BBr3F4N2. The summed E-state index contributed by atoms with van der Waals surface area (Å²) in [5.41, 5.74) is 0.570. The number of hydrogen-bond donors (Lipinski definition) is 0. The lowest BCUT2D eigenvalue weighted by atomic mass is 9.86. The maximum atomic E-state index is 15.1. The molecule has 0 saturated heterocycles. The van der Waals surface area contributed by atoms with Crippen molar-refractivity contribution in [2.45, 2.75) is 0 Å². The molecule has 0 N–H and O–H groups in total. The Morgan fingerprint density at radius 1 is 0.960 bits per heavy atom. The molecule has 10 heteroatoms. The number of hydrogen-bond acceptors (Lipinski definition) is 0. The molecule has 0 aliphatic carbocycles. The van der Waals surface area contributed by atoms with Crippen LogP contribution in [0.2, 0.25) is 0 Å². The SMILES string of the molecule is Fc1cc(F)c(C2=C3C=CC(Br)=[N+]3[B-](F)(F)n3c(Br)ccc32)cc1Br. The number of benzene rings is 1. The number of aromatic nitrogens is 1. The van der Waals surface area contributed by atoms with Gasteiger partial charge < -0.3 is 17.6 Å². The molecule has 0 fully saturated rings. The topological polar surface area (TPSA) is 7.94 Å². The van der Waals surface area contributed by atoms with E-state index in [0.29, 0.717) is 0 Å². The first-order chi connectivity index (χ1) is 11.7. The quantitative estimate of drug-likeness (QED) is 0.251. The summed E-state index contributed by atoms with van der Waals surface area (Å²) >= 11 is 9.29. The number of rotatable bonds is 1. The van der Waals surface area contributed by atoms with Crippen LogP contribution >= 0.6 is 47.8 Å². The third-order valence-electron chi connectivity index (χ3n) is 4.15. The number of nitrogens with zero attached hydrogens (tertiary/aromatic N) is 2. The molecule has 0 saturated carbocycles. The van der Waals surface area contributed by atoms with Gasteiger partial charge in [0.05, 0.1) is 14.6 Å². The first kappa shape index (κ1) is 17.3. The van der Waals surface area contributed by atoms with Gasteiger partial charge in [0.15, 0.2) is 5.70 Å². The van der Waals surface area contributed by atoms with Crippen LogP contribution in [-0.2, 0) is 0 Å². The smallest absolute Gasteiger partial charge is 0.389 e. The number of allylic oxidation sites excluding steroid dienone is 2. The lowest BCUT2D eigenvalue weighted by Crippen LogP contribution is -2.50. The van der Waals surface area contributed by atoms with E-state index in [4.69, 9.17) is 0 Å². The molecule has 2 aliphatic rings. The van der Waals surface area contributed by atoms with Gasteiger partial charge in [0, 0.05) is 45.4 Å². The van der Waals surface area contributed by atoms with Crippen LogP contribution in [0.5, 0.6) is 0 Å². The zero-order valence-corrected chi connectivity index (χ0v) is 16.8. The fourth-order valence-corrected chi connectivity index (χ4v) is 4.61. The molecule has 0 spiro atoms. The van der Waals surface area contributed by atoms with Crippen LogP contribution in [0.1, 0.15) is 11.3 Å². The van der Waals surface area contributed by atoms with E-state index in [1.54, 1.807) is 0 Å². The summed E-state index contributed by atoms with van der Waals surface area (Å²) in [5, 5.41) is 0. The molecule has 0 radical (unpaired) electrons. The molecule has 0 unspecified atom stereocenters. The van der Waals surface area contributed by atoms with Gasteiger partial charge in [0.25, 0.3) is 0 Å². The van der Waals surface area contributed by atoms with Gasteiger partial charge in [-0.1, -0.05) is 0 Å². The molecule has 1 aromatic carbocycles. The molecule has 2 aliphatic heterocycles. The van der Waals surface area contributed by atoms with Crippen molar-refractivity contribution in [3.8, 4) is 0 Å². The van der Waals surface area contributed by atoms with Crippen molar-refractivity contribution in [3.63, 3.8) is 0 Å². The van der Waals surface area contributed by atoms with Crippen LogP contribution in [0.4, 0.5) is 17.4 Å². The molecule has 1 aromatic heterocycles. The molecule has 2 nitrogen and oxygen atoms in total. The lowest BCUT2D eigenvalue weighted by molar-refractivity contribution is -0.358. The molecule has 0 bridgehead atoms. The third-order valence-corrected chi connectivity index (χ3v) is 6.05. The maximum absolute atomic E-state index is 15.1. The van der Waals surface area contributed by atoms with Crippen molar-refractivity contribution in [2.24, 2.45) is 0 Å². The van der Waals surface area contributed by atoms with E-state index < -0.39 is 18.6 Å². The average Bonchev–Trinajstić information content (AvgIpc) is 3.09. The Kier molecular flexibility index (Phi) is 3.93. The van der Waals surface area contributed by atoms with Gasteiger partial charge in [-0.05, 0) is 50.1 Å². The second-order valence-corrected chi connectivity index (χ2v) is 8.01. The highest BCUT2D eigenvalue weighted by atomic mass is 79.9. The number of fused-ring (bicyclic) bond motifs is 2. The molecule has 25 heavy (non-hydrogen) atoms. The van der Waals surface area contributed by atoms with Gasteiger partial charge in [-0.3, -0.25) is 0 Å². The normalized spacial score (nSPS) is 18.0. The predicted octanol–water partition coefficient (Wildman–Crippen LogP) is 5.66. The number of halogens is 7. The van der Waals surface area contributed by atoms with Gasteiger partial charge in [-0.15, -0.1) is 0 Å². The van der Waals surface area contributed by atoms with Gasteiger partial charge in [-0.2, -0.15) is 0 Å². The van der Waals surface area contributed by atoms with E-state index in [2.05, 4.69) is 47.8 Å². The summed E-state index contributed by atoms with van der Waals surface area (Å²) in [6.07, 6.45) is 2.96. The van der Waals surface area contributed by atoms with E-state index in [9.17, 15) is 8.78 Å². The maximum Gasteiger partial charge on any atom is 0.738 e. The van der Waals surface area contributed by atoms with Crippen LogP contribution in [0, 0.1) is 11.6 Å². The summed E-state index contributed by atoms with van der Waals surface area (Å²) in [7, 11) is 0. The van der Waals surface area contributed by atoms with Crippen LogP contribution < -0.4 is 0 Å². The Morgan fingerprint density at radius 3 is 2.40 bits per heavy atom. The molecule has 2 aromatic rings. The zero-order valence-electron chi connectivity index (χ0n) is 12.1. The van der Waals surface area contributed by atoms with Gasteiger partial charge in [-0.25, -0.2) is 8.78 Å². The van der Waals surface area contributed by atoms with Crippen LogP contribution in [0.25, 0.3) is 5.57 Å². The summed E-state index contributed by atoms with van der Waals surface area (Å²) < 4.78 is 60.3. The predicted molar refractivity (Wildman–Crippen MR) is 98.9 cm³/mol. The van der Waals surface area contributed by atoms with Crippen molar-refractivity contribution in [2.75, 3.05) is 0 Å². The first-order valence-corrected chi connectivity index (χ1v) is 9.40. The van der Waals surface area contributed by atoms with E-state index in [0.717, 1.165) is 15.0 Å². The molecule has 3 heterocycles. The minimum Gasteiger partial charge on any atom is -0.389 e. The zero-order chi connectivity index (χ0) is 18.1. The Balaban J connectivity index is 2.13. The van der Waals surface area contributed by atoms with Crippen LogP contribution in [0.3, 0.4) is 0 Å². The van der Waals surface area contributed by atoms with Gasteiger partial charge in [0.1, 0.15) is 11.6 Å². The summed E-state index contributed by atoms with van der Waals surface area (Å²) in [5.74, 6) is -1.60. The summed E-state index contributed by atoms with van der Waals surface area (Å²) in [6.45, 7) is -4.18. The minimum atomic E-state index is -4.18. The Hall–Kier alpha value is -1.13. The second-order valence-electron chi connectivity index (χ2n) is 5.53. The molecule has 0 atom stereocenters. The van der Waals surface area contributed by atoms with Crippen molar-refractivity contribution in [3.05, 3.63) is 74.1 Å². The van der Waals surface area contributed by atoms with Crippen molar-refractivity contribution in [1.29, 1.82) is 0 Å². The largest absolute Gasteiger partial charge is 0.738 e. The Morgan fingerprint density at radius 2 is 1.68 bits per heavy atom. The average molecular weight is 541 g/mol. The monoisotopic (exact) mass is 538 g/mol. The third kappa shape index (κ3) is 2.37. The minimum absolute atomic E-state index is 0.0262. The highest BCUT2D eigenvalue weighted by molar-refractivity contribution is 9.18. The highest BCUT2D eigenvalue weighted by Crippen LogP contribution is 2.43. The lowest BCUT2D eigenvalue weighted by Gasteiger charge is -2.32. The molecule has 128 valence electrons. The summed E-state index contributed by atoms with van der Waals surface area (Å²) in [6, 6.07) is 4.94. The fourth-order valence-electron chi connectivity index (χ4n) is 3.12. The summed E-state index contributed by atoms with van der Waals surface area (Å²) in [4.78, 5) is 0. The van der Waals surface area contributed by atoms with Crippen molar-refractivity contribution >= 4 is 65.0 Å². The van der Waals surface area contributed by atoms with E-state index in [1.807, 2.05) is 0 Å². The van der Waals surface area contributed by atoms with Crippen LogP contribution in [0.15, 0.2) is 51.2 Å². The standard InChI is InChI=1S/C15H6BBr3F4N2/c17-8-5-7(9(20)6-10(8)21)15-11-1-3-13(18)24(11)16(22,23)25-12(15)2-4-14(25)19/h1-6H. The fraction of sp³-hybridized carbons (Fsp3) is 0. The van der Waals surface area contributed by atoms with Crippen molar-refractivity contribution in [1.82, 2.24) is 4.48 Å². The molecule has 4 rings (SSSR count). The first-order valence-electron chi connectivity index (χ1n) is 7.02. The second kappa shape index (κ2) is 5.69. The molecule has 0 amide bonds. The van der Waals surface area contributed by atoms with Gasteiger partial charge >= 0.3 is 6.97 Å². The van der Waals surface area contributed by atoms with E-state index >= 15 is 8.63 Å².